The lowest BCUT2D eigenvalue weighted by Crippen LogP contribution is -2.74. The Labute approximate surface area is 219 Å². The normalized spacial score (nSPS) is 46.9. The number of aliphatic hydroxyl groups excluding tert-OH is 6. The van der Waals surface area contributed by atoms with Gasteiger partial charge in [0.15, 0.2) is 12.6 Å². The first-order chi connectivity index (χ1) is 17.9. The van der Waals surface area contributed by atoms with E-state index >= 15 is 0 Å². The van der Waals surface area contributed by atoms with Crippen molar-refractivity contribution in [3.63, 3.8) is 0 Å². The van der Waals surface area contributed by atoms with Gasteiger partial charge >= 0.3 is 0 Å². The third-order valence-corrected chi connectivity index (χ3v) is 7.28. The number of nitrogens with two attached hydrogens (primary N) is 5. The van der Waals surface area contributed by atoms with Crippen molar-refractivity contribution in [3.05, 3.63) is 0 Å². The molecule has 1 saturated carbocycles. The number of aliphatic hydroxyl groups is 6. The van der Waals surface area contributed by atoms with Crippen LogP contribution in [0.15, 0.2) is 0 Å². The summed E-state index contributed by atoms with van der Waals surface area (Å²) in [5.41, 5.74) is 29.2. The molecule has 0 spiro atoms. The minimum Gasteiger partial charge on any atom is -0.394 e. The highest BCUT2D eigenvalue weighted by atomic mass is 16.7. The molecule has 2 aliphatic heterocycles. The molecule has 3 rings (SSSR count). The van der Waals surface area contributed by atoms with Gasteiger partial charge in [0.2, 0.25) is 0 Å². The van der Waals surface area contributed by atoms with Gasteiger partial charge in [-0.05, 0) is 12.8 Å². The number of nitrogens with one attached hydrogen (secondary N) is 1. The van der Waals surface area contributed by atoms with Crippen molar-refractivity contribution in [2.24, 2.45) is 28.7 Å². The maximum atomic E-state index is 12.4. The monoisotopic (exact) mass is 554 g/mol. The van der Waals surface area contributed by atoms with E-state index in [4.69, 9.17) is 47.6 Å². The van der Waals surface area contributed by atoms with Gasteiger partial charge in [-0.3, -0.25) is 4.79 Å². The van der Waals surface area contributed by atoms with Crippen molar-refractivity contribution in [2.75, 3.05) is 19.7 Å². The molecule has 15 atom stereocenters. The molecule has 0 radical (unpaired) electrons. The summed E-state index contributed by atoms with van der Waals surface area (Å²) in [6.07, 6.45) is -14.1. The summed E-state index contributed by atoms with van der Waals surface area (Å²) in [5, 5.41) is 64.8. The van der Waals surface area contributed by atoms with E-state index in [-0.39, 0.29) is 12.6 Å². The molecule has 2 saturated heterocycles. The van der Waals surface area contributed by atoms with Gasteiger partial charge in [0.05, 0.1) is 43.0 Å². The predicted octanol–water partition coefficient (Wildman–Crippen LogP) is -7.82. The number of carbonyl (C=O) groups is 1. The van der Waals surface area contributed by atoms with Crippen molar-refractivity contribution in [1.29, 1.82) is 0 Å². The number of hydrogen-bond acceptors (Lipinski definition) is 16. The highest BCUT2D eigenvalue weighted by molar-refractivity contribution is 5.81. The molecule has 0 aromatic carbocycles. The van der Waals surface area contributed by atoms with Gasteiger partial charge in [-0.15, -0.1) is 0 Å². The second kappa shape index (κ2) is 13.5. The van der Waals surface area contributed by atoms with Gasteiger partial charge in [-0.25, -0.2) is 0 Å². The molecular weight excluding hydrogens is 512 g/mol. The molecule has 1 amide bonds. The molecule has 17 nitrogen and oxygen atoms in total. The molecule has 8 unspecified atom stereocenters. The zero-order valence-corrected chi connectivity index (χ0v) is 20.8. The van der Waals surface area contributed by atoms with E-state index in [0.717, 1.165) is 0 Å². The van der Waals surface area contributed by atoms with Crippen molar-refractivity contribution in [3.8, 4) is 0 Å². The van der Waals surface area contributed by atoms with Gasteiger partial charge in [0.25, 0.3) is 5.91 Å². The molecule has 3 fully saturated rings. The molecule has 1 aliphatic carbocycles. The fourth-order valence-corrected chi connectivity index (χ4v) is 4.84. The van der Waals surface area contributed by atoms with Crippen LogP contribution in [-0.4, -0.2) is 148 Å². The summed E-state index contributed by atoms with van der Waals surface area (Å²) < 4.78 is 22.9. The second-order valence-electron chi connectivity index (χ2n) is 9.93. The van der Waals surface area contributed by atoms with Crippen molar-refractivity contribution in [2.45, 2.75) is 105 Å². The Morgan fingerprint density at radius 2 is 1.55 bits per heavy atom. The molecule has 3 aliphatic rings. The molecule has 17 N–H and O–H groups in total. The molecule has 0 bridgehead atoms. The molecule has 38 heavy (non-hydrogen) atoms. The average molecular weight is 555 g/mol. The zero-order chi connectivity index (χ0) is 28.3. The van der Waals surface area contributed by atoms with Gasteiger partial charge in [-0.1, -0.05) is 0 Å². The lowest BCUT2D eigenvalue weighted by molar-refractivity contribution is -0.319. The van der Waals surface area contributed by atoms with E-state index in [2.05, 4.69) is 5.32 Å². The SMILES string of the molecule is NCC1CCC(N)[C@H](OC2C(O)[C@H](O[C@@H]3OC(CO)[C@H](O)[C@H](N)C3O)[C@H](NC(=O)C(O)CN)C(O)[C@@H]2N)O1. The highest BCUT2D eigenvalue weighted by Crippen LogP contribution is 2.31. The lowest BCUT2D eigenvalue weighted by atomic mass is 9.81. The predicted molar refractivity (Wildman–Crippen MR) is 127 cm³/mol. The van der Waals surface area contributed by atoms with Crippen LogP contribution in [0.4, 0.5) is 0 Å². The fraction of sp³-hybridized carbons (Fsp3) is 0.952. The summed E-state index contributed by atoms with van der Waals surface area (Å²) in [6, 6.07) is -4.68. The number of ether oxygens (including phenoxy) is 4. The van der Waals surface area contributed by atoms with Gasteiger partial charge in [0, 0.05) is 13.1 Å². The topological polar surface area (TPSA) is 318 Å². The van der Waals surface area contributed by atoms with Crippen LogP contribution in [0.5, 0.6) is 0 Å². The standard InChI is InChI=1S/C21H42N6O11/c22-3-6-1-2-7(24)20(35-6)37-17-11(26)14(31)12(27-19(34)8(29)4-23)18(16(17)33)38-21-15(32)10(25)13(30)9(5-28)36-21/h6-18,20-21,28-33H,1-5,22-26H2,(H,27,34)/t6?,7?,8?,9?,10-,11-,12+,13-,14?,15?,16?,17?,18+,20-,21-/m0/s1. The highest BCUT2D eigenvalue weighted by Gasteiger charge is 2.54. The van der Waals surface area contributed by atoms with Crippen LogP contribution in [-0.2, 0) is 23.7 Å². The van der Waals surface area contributed by atoms with Crippen LogP contribution < -0.4 is 34.0 Å². The largest absolute Gasteiger partial charge is 0.394 e. The molecular formula is C21H42N6O11. The van der Waals surface area contributed by atoms with E-state index in [0.29, 0.717) is 12.8 Å². The first-order valence-corrected chi connectivity index (χ1v) is 12.5. The van der Waals surface area contributed by atoms with Gasteiger partial charge in [0.1, 0.15) is 42.7 Å². The summed E-state index contributed by atoms with van der Waals surface area (Å²) in [6.45, 7) is -0.905. The molecule has 2 heterocycles. The average Bonchev–Trinajstić information content (AvgIpc) is 2.91. The summed E-state index contributed by atoms with van der Waals surface area (Å²) in [5.74, 6) is -0.988. The number of hydrogen-bond donors (Lipinski definition) is 12. The third-order valence-electron chi connectivity index (χ3n) is 7.28. The van der Waals surface area contributed by atoms with Gasteiger partial charge < -0.3 is 83.6 Å². The van der Waals surface area contributed by atoms with E-state index in [1.54, 1.807) is 0 Å². The lowest BCUT2D eigenvalue weighted by Gasteiger charge is -2.50. The number of carbonyl (C=O) groups excluding carboxylic acids is 1. The Kier molecular flexibility index (Phi) is 11.1. The molecule has 0 aromatic heterocycles. The minimum atomic E-state index is -1.69. The summed E-state index contributed by atoms with van der Waals surface area (Å²) in [4.78, 5) is 12.4. The van der Waals surface area contributed by atoms with E-state index in [1.165, 1.54) is 0 Å². The Balaban J connectivity index is 1.88. The Morgan fingerprint density at radius 3 is 2.16 bits per heavy atom. The summed E-state index contributed by atoms with van der Waals surface area (Å²) >= 11 is 0. The quantitative estimate of drug-likeness (QED) is 0.126. The van der Waals surface area contributed by atoms with Crippen LogP contribution >= 0.6 is 0 Å². The Bertz CT molecular complexity index is 771. The van der Waals surface area contributed by atoms with Crippen LogP contribution in [0.1, 0.15) is 12.8 Å². The number of rotatable bonds is 9. The smallest absolute Gasteiger partial charge is 0.250 e. The zero-order valence-electron chi connectivity index (χ0n) is 20.8. The third kappa shape index (κ3) is 6.60. The number of amides is 1. The minimum absolute atomic E-state index is 0.201. The Morgan fingerprint density at radius 1 is 0.895 bits per heavy atom. The van der Waals surface area contributed by atoms with Crippen LogP contribution in [0, 0.1) is 0 Å². The van der Waals surface area contributed by atoms with Crippen LogP contribution in [0.2, 0.25) is 0 Å². The first-order valence-electron chi connectivity index (χ1n) is 12.5. The second-order valence-corrected chi connectivity index (χ2v) is 9.93. The maximum absolute atomic E-state index is 12.4. The van der Waals surface area contributed by atoms with E-state index in [9.17, 15) is 35.4 Å². The van der Waals surface area contributed by atoms with Crippen molar-refractivity contribution in [1.82, 2.24) is 5.32 Å². The molecule has 0 aromatic rings. The van der Waals surface area contributed by atoms with Crippen molar-refractivity contribution >= 4 is 5.91 Å². The molecule has 222 valence electrons. The first kappa shape index (κ1) is 31.4. The van der Waals surface area contributed by atoms with Crippen LogP contribution in [0.3, 0.4) is 0 Å². The van der Waals surface area contributed by atoms with E-state index in [1.807, 2.05) is 0 Å². The maximum Gasteiger partial charge on any atom is 0.250 e. The fourth-order valence-electron chi connectivity index (χ4n) is 4.84. The van der Waals surface area contributed by atoms with Gasteiger partial charge in [-0.2, -0.15) is 0 Å². The summed E-state index contributed by atoms with van der Waals surface area (Å²) in [7, 11) is 0. The van der Waals surface area contributed by atoms with Crippen molar-refractivity contribution < 1.29 is 54.4 Å². The van der Waals surface area contributed by atoms with Crippen LogP contribution in [0.25, 0.3) is 0 Å². The Hall–Kier alpha value is -1.13. The van der Waals surface area contributed by atoms with E-state index < -0.39 is 105 Å². The molecule has 17 heteroatoms.